The molecule has 0 aliphatic heterocycles. The van der Waals surface area contributed by atoms with Gasteiger partial charge in [0.25, 0.3) is 0 Å². The van der Waals surface area contributed by atoms with Gasteiger partial charge < -0.3 is 14.8 Å². The molecule has 1 rings (SSSR count). The second kappa shape index (κ2) is 5.99. The second-order valence-corrected chi connectivity index (χ2v) is 3.75. The molecule has 1 aromatic rings. The number of hydrogen-bond donors (Lipinski definition) is 2. The molecule has 1 unspecified atom stereocenters. The maximum atomic E-state index is 13.5. The molecule has 0 aromatic heterocycles. The van der Waals surface area contributed by atoms with Crippen LogP contribution in [0.1, 0.15) is 25.8 Å². The van der Waals surface area contributed by atoms with Crippen LogP contribution in [0.15, 0.2) is 18.2 Å². The van der Waals surface area contributed by atoms with E-state index in [-0.39, 0.29) is 18.2 Å². The average molecular weight is 226 g/mol. The Kier molecular flexibility index (Phi) is 4.92. The Labute approximate surface area is 95.0 Å². The zero-order chi connectivity index (χ0) is 12.1. The zero-order valence-corrected chi connectivity index (χ0v) is 9.48. The first-order valence-electron chi connectivity index (χ1n) is 5.30. The molecule has 0 spiro atoms. The highest BCUT2D eigenvalue weighted by Gasteiger charge is 2.13. The SMILES string of the molecule is CCC(C)OCc1ccc(B(O)O)cc1F. The quantitative estimate of drug-likeness (QED) is 0.731. The van der Waals surface area contributed by atoms with Crippen molar-refractivity contribution >= 4 is 12.6 Å². The molecule has 5 heteroatoms. The third-order valence-corrected chi connectivity index (χ3v) is 2.47. The molecule has 0 saturated heterocycles. The van der Waals surface area contributed by atoms with Crippen molar-refractivity contribution in [2.45, 2.75) is 33.0 Å². The molecular formula is C11H16BFO3. The first-order valence-corrected chi connectivity index (χ1v) is 5.30. The van der Waals surface area contributed by atoms with Gasteiger partial charge in [-0.3, -0.25) is 0 Å². The van der Waals surface area contributed by atoms with Crippen molar-refractivity contribution in [1.29, 1.82) is 0 Å². The smallest absolute Gasteiger partial charge is 0.423 e. The van der Waals surface area contributed by atoms with Gasteiger partial charge in [0.1, 0.15) is 5.82 Å². The van der Waals surface area contributed by atoms with E-state index in [1.165, 1.54) is 12.1 Å². The fourth-order valence-electron chi connectivity index (χ4n) is 1.19. The van der Waals surface area contributed by atoms with E-state index >= 15 is 0 Å². The second-order valence-electron chi connectivity index (χ2n) is 3.75. The molecule has 1 aromatic carbocycles. The van der Waals surface area contributed by atoms with E-state index in [1.807, 2.05) is 13.8 Å². The summed E-state index contributed by atoms with van der Waals surface area (Å²) in [5, 5.41) is 17.7. The minimum absolute atomic E-state index is 0.0857. The number of halogens is 1. The Morgan fingerprint density at radius 1 is 1.44 bits per heavy atom. The van der Waals surface area contributed by atoms with Crippen LogP contribution >= 0.6 is 0 Å². The third-order valence-electron chi connectivity index (χ3n) is 2.47. The van der Waals surface area contributed by atoms with E-state index < -0.39 is 12.9 Å². The fraction of sp³-hybridized carbons (Fsp3) is 0.455. The van der Waals surface area contributed by atoms with Crippen molar-refractivity contribution in [2.75, 3.05) is 0 Å². The molecular weight excluding hydrogens is 210 g/mol. The monoisotopic (exact) mass is 226 g/mol. The van der Waals surface area contributed by atoms with Crippen LogP contribution in [0.25, 0.3) is 0 Å². The molecule has 0 heterocycles. The molecule has 2 N–H and O–H groups in total. The predicted octanol–water partition coefficient (Wildman–Crippen LogP) is 0.821. The molecule has 1 atom stereocenters. The summed E-state index contributed by atoms with van der Waals surface area (Å²) in [4.78, 5) is 0. The Balaban J connectivity index is 2.68. The summed E-state index contributed by atoms with van der Waals surface area (Å²) in [6, 6.07) is 4.09. The minimum Gasteiger partial charge on any atom is -0.423 e. The molecule has 0 bridgehead atoms. The van der Waals surface area contributed by atoms with Crippen molar-refractivity contribution in [3.63, 3.8) is 0 Å². The fourth-order valence-corrected chi connectivity index (χ4v) is 1.19. The van der Waals surface area contributed by atoms with Crippen molar-refractivity contribution in [1.82, 2.24) is 0 Å². The number of hydrogen-bond acceptors (Lipinski definition) is 3. The van der Waals surface area contributed by atoms with E-state index in [0.717, 1.165) is 12.5 Å². The Bertz CT molecular complexity index is 344. The van der Waals surface area contributed by atoms with Gasteiger partial charge in [0.05, 0.1) is 12.7 Å². The van der Waals surface area contributed by atoms with E-state index in [2.05, 4.69) is 0 Å². The van der Waals surface area contributed by atoms with Crippen LogP contribution in [0.3, 0.4) is 0 Å². The molecule has 0 aliphatic rings. The van der Waals surface area contributed by atoms with Gasteiger partial charge in [-0.2, -0.15) is 0 Å². The lowest BCUT2D eigenvalue weighted by atomic mass is 9.80. The highest BCUT2D eigenvalue weighted by Crippen LogP contribution is 2.09. The van der Waals surface area contributed by atoms with Crippen LogP contribution < -0.4 is 5.46 Å². The average Bonchev–Trinajstić information content (AvgIpc) is 2.26. The van der Waals surface area contributed by atoms with Gasteiger partial charge in [0.15, 0.2) is 0 Å². The first-order chi connectivity index (χ1) is 7.54. The largest absolute Gasteiger partial charge is 0.488 e. The lowest BCUT2D eigenvalue weighted by Crippen LogP contribution is -2.30. The normalized spacial score (nSPS) is 12.6. The maximum Gasteiger partial charge on any atom is 0.488 e. The van der Waals surface area contributed by atoms with Gasteiger partial charge >= 0.3 is 7.12 Å². The van der Waals surface area contributed by atoms with Gasteiger partial charge in [0, 0.05) is 5.56 Å². The van der Waals surface area contributed by atoms with Crippen LogP contribution in [0, 0.1) is 5.82 Å². The van der Waals surface area contributed by atoms with Gasteiger partial charge in [-0.05, 0) is 24.9 Å². The third kappa shape index (κ3) is 3.59. The van der Waals surface area contributed by atoms with E-state index in [4.69, 9.17) is 14.8 Å². The van der Waals surface area contributed by atoms with E-state index in [9.17, 15) is 4.39 Å². The highest BCUT2D eigenvalue weighted by atomic mass is 19.1. The van der Waals surface area contributed by atoms with Crippen LogP contribution in [0.2, 0.25) is 0 Å². The number of ether oxygens (including phenoxy) is 1. The Morgan fingerprint density at radius 3 is 2.62 bits per heavy atom. The van der Waals surface area contributed by atoms with Crippen LogP contribution in [0.4, 0.5) is 4.39 Å². The lowest BCUT2D eigenvalue weighted by Gasteiger charge is -2.11. The summed E-state index contributed by atoms with van der Waals surface area (Å²) >= 11 is 0. The van der Waals surface area contributed by atoms with Crippen molar-refractivity contribution in [3.05, 3.63) is 29.6 Å². The Hall–Kier alpha value is -0.905. The van der Waals surface area contributed by atoms with Crippen LogP contribution in [-0.2, 0) is 11.3 Å². The number of rotatable bonds is 5. The van der Waals surface area contributed by atoms with Gasteiger partial charge in [0.2, 0.25) is 0 Å². The van der Waals surface area contributed by atoms with Crippen LogP contribution in [0.5, 0.6) is 0 Å². The molecule has 0 amide bonds. The Morgan fingerprint density at radius 2 is 2.12 bits per heavy atom. The van der Waals surface area contributed by atoms with Gasteiger partial charge in [-0.25, -0.2) is 4.39 Å². The van der Waals surface area contributed by atoms with Crippen molar-refractivity contribution in [2.24, 2.45) is 0 Å². The summed E-state index contributed by atoms with van der Waals surface area (Å²) in [6.45, 7) is 4.11. The van der Waals surface area contributed by atoms with Gasteiger partial charge in [-0.15, -0.1) is 0 Å². The molecule has 3 nitrogen and oxygen atoms in total. The minimum atomic E-state index is -1.64. The molecule has 0 aliphatic carbocycles. The summed E-state index contributed by atoms with van der Waals surface area (Å²) in [7, 11) is -1.64. The topological polar surface area (TPSA) is 49.7 Å². The van der Waals surface area contributed by atoms with Gasteiger partial charge in [-0.1, -0.05) is 19.1 Å². The zero-order valence-electron chi connectivity index (χ0n) is 9.48. The number of benzene rings is 1. The summed E-state index contributed by atoms with van der Waals surface area (Å²) in [5.41, 5.74) is 0.564. The molecule has 88 valence electrons. The standard InChI is InChI=1S/C11H16BFO3/c1-3-8(2)16-7-9-4-5-10(12(14)15)6-11(9)13/h4-6,8,14-15H,3,7H2,1-2H3. The maximum absolute atomic E-state index is 13.5. The molecule has 0 fully saturated rings. The molecule has 16 heavy (non-hydrogen) atoms. The summed E-state index contributed by atoms with van der Waals surface area (Å²) in [5.74, 6) is -0.478. The highest BCUT2D eigenvalue weighted by molar-refractivity contribution is 6.58. The predicted molar refractivity (Wildman–Crippen MR) is 60.8 cm³/mol. The molecule has 0 saturated carbocycles. The first kappa shape index (κ1) is 13.2. The summed E-state index contributed by atoms with van der Waals surface area (Å²) < 4.78 is 18.9. The van der Waals surface area contributed by atoms with Crippen molar-refractivity contribution < 1.29 is 19.2 Å². The summed E-state index contributed by atoms with van der Waals surface area (Å²) in [6.07, 6.45) is 0.956. The van der Waals surface area contributed by atoms with Crippen molar-refractivity contribution in [3.8, 4) is 0 Å². The lowest BCUT2D eigenvalue weighted by molar-refractivity contribution is 0.0492. The van der Waals surface area contributed by atoms with E-state index in [1.54, 1.807) is 0 Å². The van der Waals surface area contributed by atoms with E-state index in [0.29, 0.717) is 5.56 Å². The van der Waals surface area contributed by atoms with Crippen LogP contribution in [-0.4, -0.2) is 23.3 Å². The molecule has 0 radical (unpaired) electrons.